The van der Waals surface area contributed by atoms with Crippen molar-refractivity contribution in [3.8, 4) is 23.1 Å². The molecule has 0 aliphatic heterocycles. The molecule has 9 nitrogen and oxygen atoms in total. The van der Waals surface area contributed by atoms with Crippen LogP contribution in [0.1, 0.15) is 11.1 Å². The number of thioether (sulfide) groups is 1. The molecule has 0 saturated heterocycles. The highest BCUT2D eigenvalue weighted by Crippen LogP contribution is 2.38. The maximum atomic E-state index is 13.7. The van der Waals surface area contributed by atoms with Crippen molar-refractivity contribution in [2.75, 3.05) is 32.0 Å². The van der Waals surface area contributed by atoms with Crippen molar-refractivity contribution in [1.82, 2.24) is 10.3 Å². The van der Waals surface area contributed by atoms with Gasteiger partial charge in [0.05, 0.1) is 42.8 Å². The second-order valence-electron chi connectivity index (χ2n) is 6.68. The molecule has 0 fully saturated rings. The van der Waals surface area contributed by atoms with Crippen LogP contribution in [-0.4, -0.2) is 43.1 Å². The molecule has 1 aromatic carbocycles. The van der Waals surface area contributed by atoms with Crippen LogP contribution in [0.5, 0.6) is 5.75 Å². The van der Waals surface area contributed by atoms with E-state index in [-0.39, 0.29) is 22.4 Å². The van der Waals surface area contributed by atoms with Crippen molar-refractivity contribution in [3.63, 3.8) is 0 Å². The molecule has 172 valence electrons. The Morgan fingerprint density at radius 1 is 1.33 bits per heavy atom. The van der Waals surface area contributed by atoms with Gasteiger partial charge in [-0.05, 0) is 36.2 Å². The van der Waals surface area contributed by atoms with E-state index in [2.05, 4.69) is 15.2 Å². The Morgan fingerprint density at radius 3 is 2.58 bits per heavy atom. The Morgan fingerprint density at radius 2 is 2.03 bits per heavy atom. The molecule has 0 bridgehead atoms. The maximum Gasteiger partial charge on any atom is 0.417 e. The summed E-state index contributed by atoms with van der Waals surface area (Å²) in [4.78, 5) is 9.22. The number of hydrogen-bond donors (Lipinski definition) is 0. The molecule has 0 atom stereocenters. The first kappa shape index (κ1) is 23.9. The number of rotatable bonds is 7. The van der Waals surface area contributed by atoms with Gasteiger partial charge < -0.3 is 9.84 Å². The molecule has 13 heteroatoms. The maximum absolute atomic E-state index is 13.7. The number of nitrogens with zero attached hydrogens (tertiary/aromatic N) is 6. The lowest BCUT2D eigenvalue weighted by molar-refractivity contribution is -0.753. The predicted molar refractivity (Wildman–Crippen MR) is 111 cm³/mol. The minimum absolute atomic E-state index is 0.00174. The summed E-state index contributed by atoms with van der Waals surface area (Å²) in [5, 5.41) is 26.6. The Hall–Kier alpha value is -3.79. The number of pyridine rings is 1. The van der Waals surface area contributed by atoms with Gasteiger partial charge in [0.25, 0.3) is 6.20 Å². The van der Waals surface area contributed by atoms with Gasteiger partial charge in [-0.3, -0.25) is 4.52 Å². The summed E-state index contributed by atoms with van der Waals surface area (Å²) in [5.41, 5.74) is -1.42. The van der Waals surface area contributed by atoms with E-state index in [1.807, 2.05) is 0 Å². The molecule has 3 rings (SSSR count). The van der Waals surface area contributed by atoms with Gasteiger partial charge in [-0.1, -0.05) is 11.8 Å². The highest BCUT2D eigenvalue weighted by molar-refractivity contribution is 7.99. The number of nitriles is 1. The van der Waals surface area contributed by atoms with Gasteiger partial charge in [-0.15, -0.1) is 0 Å². The number of hydrogen-bond acceptors (Lipinski definition) is 9. The zero-order valence-electron chi connectivity index (χ0n) is 17.6. The first-order valence-corrected chi connectivity index (χ1v) is 10.2. The summed E-state index contributed by atoms with van der Waals surface area (Å²) < 4.78 is 51.0. The van der Waals surface area contributed by atoms with Crippen molar-refractivity contribution < 1.29 is 32.3 Å². The van der Waals surface area contributed by atoms with Gasteiger partial charge in [0.1, 0.15) is 16.8 Å². The molecule has 3 aromatic rings. The summed E-state index contributed by atoms with van der Waals surface area (Å²) in [6, 6.07) is 8.62. The molecule has 0 saturated carbocycles. The van der Waals surface area contributed by atoms with E-state index in [4.69, 9.17) is 9.26 Å². The van der Waals surface area contributed by atoms with Gasteiger partial charge in [0.15, 0.2) is 0 Å². The van der Waals surface area contributed by atoms with Gasteiger partial charge in [-0.25, -0.2) is 9.98 Å². The van der Waals surface area contributed by atoms with Crippen LogP contribution in [-0.2, 0) is 6.18 Å². The number of methoxy groups -OCH3 is 1. The number of halogens is 3. The summed E-state index contributed by atoms with van der Waals surface area (Å²) in [5.74, 6) is -0.622. The van der Waals surface area contributed by atoms with Crippen LogP contribution in [0.15, 0.2) is 51.1 Å². The highest BCUT2D eigenvalue weighted by atomic mass is 32.2. The summed E-state index contributed by atoms with van der Waals surface area (Å²) in [6.45, 7) is 0. The predicted octanol–water partition coefficient (Wildman–Crippen LogP) is 2.30. The van der Waals surface area contributed by atoms with E-state index in [1.165, 1.54) is 18.1 Å². The van der Waals surface area contributed by atoms with Crippen LogP contribution in [0.25, 0.3) is 11.3 Å². The average molecular weight is 478 g/mol. The van der Waals surface area contributed by atoms with E-state index in [9.17, 15) is 23.5 Å². The normalized spacial score (nSPS) is 11.8. The molecule has 2 heterocycles. The Balaban J connectivity index is 1.95. The Bertz CT molecular complexity index is 1200. The molecule has 0 unspecified atom stereocenters. The molecule has 0 radical (unpaired) electrons. The van der Waals surface area contributed by atoms with Gasteiger partial charge in [0, 0.05) is 11.3 Å². The van der Waals surface area contributed by atoms with Crippen molar-refractivity contribution >= 4 is 23.5 Å². The second-order valence-corrected chi connectivity index (χ2v) is 7.64. The standard InChI is InChI=1S/C20H17F3N6O3S/c1-28(2)29-10-18(32-27-29)26-17(30)11-33-19-14(9-24)15(20(21,22)23)8-16(25-19)12-4-6-13(31-3)7-5-12/h4-8,10H,11H2,1-3H3. The molecule has 33 heavy (non-hydrogen) atoms. The van der Waals surface area contributed by atoms with Crippen LogP contribution < -0.4 is 19.6 Å². The average Bonchev–Trinajstić information content (AvgIpc) is 3.25. The fourth-order valence-corrected chi connectivity index (χ4v) is 3.41. The van der Waals surface area contributed by atoms with Crippen LogP contribution >= 0.6 is 11.8 Å². The quantitative estimate of drug-likeness (QED) is 0.220. The van der Waals surface area contributed by atoms with Crippen LogP contribution in [0, 0.1) is 11.3 Å². The van der Waals surface area contributed by atoms with Gasteiger partial charge in [-0.2, -0.15) is 23.4 Å². The minimum atomic E-state index is -4.79. The van der Waals surface area contributed by atoms with E-state index < -0.39 is 23.2 Å². The molecular weight excluding hydrogens is 461 g/mol. The fraction of sp³-hybridized carbons (Fsp3) is 0.250. The zero-order valence-corrected chi connectivity index (χ0v) is 18.4. The smallest absolute Gasteiger partial charge is 0.417 e. The third-order valence-corrected chi connectivity index (χ3v) is 5.17. The van der Waals surface area contributed by atoms with Crippen LogP contribution in [0.4, 0.5) is 19.1 Å². The number of aliphatic imine (C=N–C) groups is 1. The minimum Gasteiger partial charge on any atom is -0.861 e. The monoisotopic (exact) mass is 478 g/mol. The molecule has 0 N–H and O–H groups in total. The molecule has 0 amide bonds. The van der Waals surface area contributed by atoms with E-state index in [0.717, 1.165) is 6.07 Å². The van der Waals surface area contributed by atoms with Crippen LogP contribution in [0.2, 0.25) is 0 Å². The van der Waals surface area contributed by atoms with E-state index in [0.29, 0.717) is 23.1 Å². The molecule has 0 aliphatic rings. The second kappa shape index (κ2) is 9.78. The molecular formula is C20H17F3N6O3S. The summed E-state index contributed by atoms with van der Waals surface area (Å²) in [7, 11) is 4.84. The largest absolute Gasteiger partial charge is 0.861 e. The van der Waals surface area contributed by atoms with E-state index >= 15 is 0 Å². The number of ether oxygens (including phenoxy) is 1. The molecule has 0 spiro atoms. The zero-order chi connectivity index (χ0) is 24.2. The van der Waals surface area contributed by atoms with Gasteiger partial charge >= 0.3 is 12.1 Å². The third-order valence-electron chi connectivity index (χ3n) is 4.21. The van der Waals surface area contributed by atoms with E-state index in [1.54, 1.807) is 49.4 Å². The number of alkyl halides is 3. The van der Waals surface area contributed by atoms with Gasteiger partial charge in [0.2, 0.25) is 5.27 Å². The first-order valence-electron chi connectivity index (χ1n) is 9.22. The molecule has 0 aliphatic carbocycles. The lowest BCUT2D eigenvalue weighted by Crippen LogP contribution is -2.53. The first-order chi connectivity index (χ1) is 15.6. The summed E-state index contributed by atoms with van der Waals surface area (Å²) in [6.07, 6.45) is -3.44. The molecule has 2 aromatic heterocycles. The number of benzene rings is 1. The van der Waals surface area contributed by atoms with Crippen molar-refractivity contribution in [1.29, 1.82) is 5.26 Å². The number of aromatic nitrogens is 3. The topological polar surface area (TPSA) is 114 Å². The summed E-state index contributed by atoms with van der Waals surface area (Å²) >= 11 is 0.678. The van der Waals surface area contributed by atoms with Crippen molar-refractivity contribution in [2.45, 2.75) is 11.2 Å². The Kier molecular flexibility index (Phi) is 7.07. The Labute approximate surface area is 190 Å². The lowest BCUT2D eigenvalue weighted by atomic mass is 10.1. The third kappa shape index (κ3) is 5.72. The highest BCUT2D eigenvalue weighted by Gasteiger charge is 2.36. The fourth-order valence-electron chi connectivity index (χ4n) is 2.62. The van der Waals surface area contributed by atoms with Crippen molar-refractivity contribution in [2.24, 2.45) is 4.99 Å². The lowest BCUT2D eigenvalue weighted by Gasteiger charge is -2.15. The van der Waals surface area contributed by atoms with Crippen molar-refractivity contribution in [3.05, 3.63) is 47.7 Å². The van der Waals surface area contributed by atoms with Crippen LogP contribution in [0.3, 0.4) is 0 Å². The SMILES string of the molecule is COc1ccc(-c2cc(C(F)(F)F)c(C#N)c(SC/C([O-])=N\c3c[n+](N(C)C)no3)n2)cc1.